The molecule has 3 amide bonds. The fraction of sp³-hybridized carbons (Fsp3) is 0.0870. The second-order valence-electron chi connectivity index (χ2n) is 6.66. The summed E-state index contributed by atoms with van der Waals surface area (Å²) in [5, 5.41) is 0. The fourth-order valence-corrected chi connectivity index (χ4v) is 3.23. The quantitative estimate of drug-likeness (QED) is 0.655. The minimum atomic E-state index is -0.391. The van der Waals surface area contributed by atoms with Crippen molar-refractivity contribution in [1.29, 1.82) is 0 Å². The molecule has 1 heterocycles. The van der Waals surface area contributed by atoms with Gasteiger partial charge in [0.25, 0.3) is 17.7 Å². The Hall–Kier alpha value is -3.73. The van der Waals surface area contributed by atoms with Crippen molar-refractivity contribution < 1.29 is 14.4 Å². The Labute approximate surface area is 162 Å². The number of hydrogen-bond acceptors (Lipinski definition) is 3. The number of carbonyl (C=O) groups is 3. The van der Waals surface area contributed by atoms with Gasteiger partial charge < -0.3 is 0 Å². The van der Waals surface area contributed by atoms with Crippen molar-refractivity contribution in [2.45, 2.75) is 6.92 Å². The van der Waals surface area contributed by atoms with E-state index in [0.29, 0.717) is 22.4 Å². The van der Waals surface area contributed by atoms with Gasteiger partial charge in [-0.1, -0.05) is 48.0 Å². The number of hydrogen-bond donors (Lipinski definition) is 0. The molecule has 0 unspecified atom stereocenters. The van der Waals surface area contributed by atoms with E-state index in [-0.39, 0.29) is 12.6 Å². The van der Waals surface area contributed by atoms with E-state index < -0.39 is 11.8 Å². The van der Waals surface area contributed by atoms with E-state index >= 15 is 0 Å². The summed E-state index contributed by atoms with van der Waals surface area (Å²) in [4.78, 5) is 41.3. The standard InChI is InChI=1S/C23H18N2O3/c1-16-11-13-17(14-12-16)21(26)24(18-7-3-2-4-8-18)15-25-22(27)19-9-5-6-10-20(19)23(25)28/h2-14H,15H2,1H3. The molecule has 0 atom stereocenters. The van der Waals surface area contributed by atoms with Crippen LogP contribution in [0.5, 0.6) is 0 Å². The van der Waals surface area contributed by atoms with Crippen molar-refractivity contribution in [2.75, 3.05) is 11.6 Å². The van der Waals surface area contributed by atoms with E-state index in [4.69, 9.17) is 0 Å². The lowest BCUT2D eigenvalue weighted by Gasteiger charge is -2.27. The molecule has 28 heavy (non-hydrogen) atoms. The van der Waals surface area contributed by atoms with Crippen LogP contribution in [0.1, 0.15) is 36.6 Å². The summed E-state index contributed by atoms with van der Waals surface area (Å²) in [6.45, 7) is 1.80. The summed E-state index contributed by atoms with van der Waals surface area (Å²) in [5.74, 6) is -1.06. The van der Waals surface area contributed by atoms with Crippen LogP contribution >= 0.6 is 0 Å². The van der Waals surface area contributed by atoms with Crippen LogP contribution in [0.3, 0.4) is 0 Å². The SMILES string of the molecule is Cc1ccc(C(=O)N(CN2C(=O)c3ccccc3C2=O)c2ccccc2)cc1. The normalized spacial score (nSPS) is 12.8. The summed E-state index contributed by atoms with van der Waals surface area (Å²) < 4.78 is 0. The monoisotopic (exact) mass is 370 g/mol. The van der Waals surface area contributed by atoms with Crippen LogP contribution in [-0.4, -0.2) is 29.3 Å². The molecule has 0 spiro atoms. The zero-order chi connectivity index (χ0) is 19.7. The summed E-state index contributed by atoms with van der Waals surface area (Å²) in [6.07, 6.45) is 0. The van der Waals surface area contributed by atoms with Crippen LogP contribution in [0.15, 0.2) is 78.9 Å². The first-order chi connectivity index (χ1) is 13.6. The van der Waals surface area contributed by atoms with Gasteiger partial charge in [0.15, 0.2) is 0 Å². The number of para-hydroxylation sites is 1. The average molecular weight is 370 g/mol. The summed E-state index contributed by atoms with van der Waals surface area (Å²) in [6, 6.07) is 23.0. The van der Waals surface area contributed by atoms with Crippen LogP contribution < -0.4 is 4.90 Å². The van der Waals surface area contributed by atoms with Crippen LogP contribution in [0.4, 0.5) is 5.69 Å². The van der Waals surface area contributed by atoms with E-state index in [1.54, 1.807) is 48.5 Å². The van der Waals surface area contributed by atoms with E-state index in [0.717, 1.165) is 10.5 Å². The first-order valence-corrected chi connectivity index (χ1v) is 8.95. The smallest absolute Gasteiger partial charge is 0.263 e. The number of imide groups is 1. The fourth-order valence-electron chi connectivity index (χ4n) is 3.23. The average Bonchev–Trinajstić information content (AvgIpc) is 2.97. The molecule has 0 saturated heterocycles. The molecule has 0 bridgehead atoms. The van der Waals surface area contributed by atoms with Gasteiger partial charge in [-0.2, -0.15) is 0 Å². The van der Waals surface area contributed by atoms with Gasteiger partial charge >= 0.3 is 0 Å². The third-order valence-corrected chi connectivity index (χ3v) is 4.77. The third-order valence-electron chi connectivity index (χ3n) is 4.77. The van der Waals surface area contributed by atoms with Crippen LogP contribution in [0.25, 0.3) is 0 Å². The van der Waals surface area contributed by atoms with Gasteiger partial charge in [0.1, 0.15) is 6.67 Å². The lowest BCUT2D eigenvalue weighted by molar-refractivity contribution is 0.0650. The van der Waals surface area contributed by atoms with Gasteiger partial charge in [-0.3, -0.25) is 24.2 Å². The molecule has 1 aliphatic heterocycles. The molecule has 0 aliphatic carbocycles. The maximum Gasteiger partial charge on any atom is 0.263 e. The molecule has 5 nitrogen and oxygen atoms in total. The van der Waals surface area contributed by atoms with Gasteiger partial charge in [0.05, 0.1) is 11.1 Å². The summed E-state index contributed by atoms with van der Waals surface area (Å²) in [7, 11) is 0. The first-order valence-electron chi connectivity index (χ1n) is 8.95. The maximum atomic E-state index is 13.2. The Morgan fingerprint density at radius 3 is 1.89 bits per heavy atom. The molecule has 5 heteroatoms. The van der Waals surface area contributed by atoms with Crippen molar-refractivity contribution in [3.8, 4) is 0 Å². The minimum Gasteiger partial charge on any atom is -0.290 e. The molecular formula is C23H18N2O3. The van der Waals surface area contributed by atoms with E-state index in [2.05, 4.69) is 0 Å². The Kier molecular flexibility index (Phi) is 4.49. The van der Waals surface area contributed by atoms with Gasteiger partial charge in [0, 0.05) is 11.3 Å². The highest BCUT2D eigenvalue weighted by Gasteiger charge is 2.37. The Morgan fingerprint density at radius 1 is 0.786 bits per heavy atom. The number of anilines is 1. The predicted octanol–water partition coefficient (Wildman–Crippen LogP) is 3.90. The van der Waals surface area contributed by atoms with Crippen molar-refractivity contribution in [3.63, 3.8) is 0 Å². The zero-order valence-electron chi connectivity index (χ0n) is 15.3. The van der Waals surface area contributed by atoms with Crippen LogP contribution in [0, 0.1) is 6.92 Å². The first kappa shape index (κ1) is 17.7. The van der Waals surface area contributed by atoms with E-state index in [1.165, 1.54) is 4.90 Å². The topological polar surface area (TPSA) is 57.7 Å². The minimum absolute atomic E-state index is 0.150. The van der Waals surface area contributed by atoms with Gasteiger partial charge in [-0.25, -0.2) is 0 Å². The van der Waals surface area contributed by atoms with Crippen molar-refractivity contribution in [1.82, 2.24) is 4.90 Å². The molecule has 3 aromatic rings. The number of amides is 3. The molecule has 1 aliphatic rings. The largest absolute Gasteiger partial charge is 0.290 e. The molecule has 4 rings (SSSR count). The molecule has 138 valence electrons. The highest BCUT2D eigenvalue weighted by atomic mass is 16.2. The van der Waals surface area contributed by atoms with Crippen LogP contribution in [0.2, 0.25) is 0 Å². The van der Waals surface area contributed by atoms with Gasteiger partial charge in [-0.15, -0.1) is 0 Å². The van der Waals surface area contributed by atoms with Crippen molar-refractivity contribution in [2.24, 2.45) is 0 Å². The summed E-state index contributed by atoms with van der Waals surface area (Å²) >= 11 is 0. The molecule has 0 saturated carbocycles. The molecule has 3 aromatic carbocycles. The Bertz CT molecular complexity index is 1020. The lowest BCUT2D eigenvalue weighted by Crippen LogP contribution is -2.44. The number of nitrogens with zero attached hydrogens (tertiary/aromatic N) is 2. The van der Waals surface area contributed by atoms with Crippen molar-refractivity contribution >= 4 is 23.4 Å². The predicted molar refractivity (Wildman–Crippen MR) is 106 cm³/mol. The second-order valence-corrected chi connectivity index (χ2v) is 6.66. The number of aryl methyl sites for hydroxylation is 1. The van der Waals surface area contributed by atoms with Gasteiger partial charge in [0.2, 0.25) is 0 Å². The third kappa shape index (κ3) is 3.07. The highest BCUT2D eigenvalue weighted by molar-refractivity contribution is 6.22. The molecule has 0 fully saturated rings. The molecule has 0 aromatic heterocycles. The molecule has 0 N–H and O–H groups in total. The highest BCUT2D eigenvalue weighted by Crippen LogP contribution is 2.25. The van der Waals surface area contributed by atoms with Gasteiger partial charge in [-0.05, 0) is 43.3 Å². The number of fused-ring (bicyclic) bond motifs is 1. The second kappa shape index (κ2) is 7.12. The number of benzene rings is 3. The Morgan fingerprint density at radius 2 is 1.32 bits per heavy atom. The maximum absolute atomic E-state index is 13.2. The van der Waals surface area contributed by atoms with Crippen molar-refractivity contribution in [3.05, 3.63) is 101 Å². The lowest BCUT2D eigenvalue weighted by atomic mass is 10.1. The zero-order valence-corrected chi connectivity index (χ0v) is 15.3. The summed E-state index contributed by atoms with van der Waals surface area (Å²) in [5.41, 5.74) is 2.88. The number of rotatable bonds is 4. The number of carbonyl (C=O) groups excluding carboxylic acids is 3. The molecular weight excluding hydrogens is 352 g/mol. The Balaban J connectivity index is 1.69. The van der Waals surface area contributed by atoms with Crippen LogP contribution in [-0.2, 0) is 0 Å². The van der Waals surface area contributed by atoms with E-state index in [9.17, 15) is 14.4 Å². The molecule has 0 radical (unpaired) electrons. The van der Waals surface area contributed by atoms with E-state index in [1.807, 2.05) is 37.3 Å².